The third-order valence-corrected chi connectivity index (χ3v) is 7.67. The molecule has 0 spiro atoms. The van der Waals surface area contributed by atoms with E-state index in [2.05, 4.69) is 45.9 Å². The van der Waals surface area contributed by atoms with Gasteiger partial charge in [-0.05, 0) is 77.7 Å². The third kappa shape index (κ3) is 2.66. The van der Waals surface area contributed by atoms with E-state index in [1.807, 2.05) is 13.0 Å². The van der Waals surface area contributed by atoms with E-state index >= 15 is 0 Å². The molecule has 2 saturated carbocycles. The van der Waals surface area contributed by atoms with Gasteiger partial charge in [0, 0.05) is 5.92 Å². The highest BCUT2D eigenvalue weighted by Crippen LogP contribution is 2.67. The van der Waals surface area contributed by atoms with Crippen LogP contribution in [-0.4, -0.2) is 29.2 Å². The lowest BCUT2D eigenvalue weighted by atomic mass is 9.55. The van der Waals surface area contributed by atoms with Crippen molar-refractivity contribution >= 4 is 5.78 Å². The molecule has 0 radical (unpaired) electrons. The van der Waals surface area contributed by atoms with Gasteiger partial charge in [-0.25, -0.2) is 0 Å². The maximum absolute atomic E-state index is 11.5. The number of fused-ring (bicyclic) bond motifs is 4. The molecule has 4 aliphatic rings. The van der Waals surface area contributed by atoms with E-state index in [1.54, 1.807) is 6.92 Å². The summed E-state index contributed by atoms with van der Waals surface area (Å²) in [5.41, 5.74) is 2.27. The van der Waals surface area contributed by atoms with Gasteiger partial charge in [0.25, 0.3) is 0 Å². The molecule has 0 aromatic rings. The molecule has 8 unspecified atom stereocenters. The van der Waals surface area contributed by atoms with Crippen molar-refractivity contribution in [3.8, 4) is 0 Å². The Bertz CT molecular complexity index is 717. The van der Waals surface area contributed by atoms with Crippen molar-refractivity contribution in [3.63, 3.8) is 0 Å². The van der Waals surface area contributed by atoms with Crippen LogP contribution in [0.3, 0.4) is 0 Å². The zero-order chi connectivity index (χ0) is 18.9. The summed E-state index contributed by atoms with van der Waals surface area (Å²) >= 11 is 0. The molecule has 2 aliphatic heterocycles. The number of hydrogen-bond acceptors (Lipinski definition) is 3. The maximum Gasteiger partial charge on any atom is 0.155 e. The zero-order valence-corrected chi connectivity index (χ0v) is 16.9. The number of ether oxygens (including phenoxy) is 2. The molecular formula is C23H32O3. The van der Waals surface area contributed by atoms with E-state index in [4.69, 9.17) is 9.47 Å². The summed E-state index contributed by atoms with van der Waals surface area (Å²) in [6, 6.07) is 0. The van der Waals surface area contributed by atoms with Crippen molar-refractivity contribution in [2.45, 2.75) is 77.8 Å². The quantitative estimate of drug-likeness (QED) is 0.319. The summed E-state index contributed by atoms with van der Waals surface area (Å²) in [5, 5.41) is 0. The zero-order valence-electron chi connectivity index (χ0n) is 16.9. The Morgan fingerprint density at radius 2 is 1.85 bits per heavy atom. The largest absolute Gasteiger partial charge is 0.366 e. The molecule has 2 saturated heterocycles. The fraction of sp³-hybridized carbons (Fsp3) is 0.696. The third-order valence-electron chi connectivity index (χ3n) is 7.67. The molecular weight excluding hydrogens is 324 g/mol. The molecule has 3 nitrogen and oxygen atoms in total. The molecule has 4 fully saturated rings. The van der Waals surface area contributed by atoms with E-state index in [0.29, 0.717) is 35.9 Å². The predicted molar refractivity (Wildman–Crippen MR) is 103 cm³/mol. The number of rotatable bonds is 4. The van der Waals surface area contributed by atoms with Gasteiger partial charge in [-0.1, -0.05) is 29.9 Å². The molecule has 142 valence electrons. The van der Waals surface area contributed by atoms with Crippen molar-refractivity contribution in [2.75, 3.05) is 0 Å². The normalized spacial score (nSPS) is 50.1. The summed E-state index contributed by atoms with van der Waals surface area (Å²) in [6.45, 7) is 12.4. The van der Waals surface area contributed by atoms with Gasteiger partial charge in [-0.15, -0.1) is 0 Å². The lowest BCUT2D eigenvalue weighted by molar-refractivity contribution is -0.113. The van der Waals surface area contributed by atoms with Crippen LogP contribution in [0.4, 0.5) is 0 Å². The average molecular weight is 357 g/mol. The van der Waals surface area contributed by atoms with Gasteiger partial charge >= 0.3 is 0 Å². The van der Waals surface area contributed by atoms with Gasteiger partial charge in [0.1, 0.15) is 0 Å². The highest BCUT2D eigenvalue weighted by molar-refractivity contribution is 5.92. The molecule has 0 bridgehead atoms. The number of hydrogen-bond donors (Lipinski definition) is 0. The van der Waals surface area contributed by atoms with Crippen LogP contribution in [0.25, 0.3) is 0 Å². The molecule has 8 atom stereocenters. The number of Topliss-reactive ketones (excluding diaryl/α,β-unsaturated/α-hetero) is 1. The molecule has 26 heavy (non-hydrogen) atoms. The summed E-state index contributed by atoms with van der Waals surface area (Å²) in [5.74, 6) is 2.15. The van der Waals surface area contributed by atoms with Gasteiger partial charge in [-0.2, -0.15) is 0 Å². The van der Waals surface area contributed by atoms with Crippen molar-refractivity contribution < 1.29 is 14.3 Å². The Hall–Kier alpha value is -1.19. The minimum atomic E-state index is -0.0514. The van der Waals surface area contributed by atoms with Crippen LogP contribution in [-0.2, 0) is 14.3 Å². The minimum Gasteiger partial charge on any atom is -0.366 e. The van der Waals surface area contributed by atoms with Crippen LogP contribution in [0.2, 0.25) is 0 Å². The van der Waals surface area contributed by atoms with Gasteiger partial charge < -0.3 is 9.47 Å². The van der Waals surface area contributed by atoms with Gasteiger partial charge in [0.15, 0.2) is 5.78 Å². The number of ketones is 1. The Kier molecular flexibility index (Phi) is 4.13. The van der Waals surface area contributed by atoms with Crippen LogP contribution >= 0.6 is 0 Å². The highest BCUT2D eigenvalue weighted by Gasteiger charge is 2.72. The summed E-state index contributed by atoms with van der Waals surface area (Å²) in [7, 11) is 0. The molecule has 3 heteroatoms. The van der Waals surface area contributed by atoms with Crippen LogP contribution in [0.5, 0.6) is 0 Å². The molecule has 0 aromatic carbocycles. The van der Waals surface area contributed by atoms with E-state index in [9.17, 15) is 4.79 Å². The van der Waals surface area contributed by atoms with Crippen molar-refractivity contribution in [2.24, 2.45) is 23.7 Å². The monoisotopic (exact) mass is 356 g/mol. The molecule has 0 aromatic heterocycles. The van der Waals surface area contributed by atoms with Crippen LogP contribution in [0.1, 0.15) is 54.4 Å². The number of epoxide rings is 2. The predicted octanol–water partition coefficient (Wildman–Crippen LogP) is 4.63. The Morgan fingerprint density at radius 1 is 1.12 bits per heavy atom. The Labute approximate surface area is 157 Å². The Balaban J connectivity index is 1.67. The molecule has 4 rings (SSSR count). The van der Waals surface area contributed by atoms with Crippen molar-refractivity contribution in [1.29, 1.82) is 0 Å². The molecule has 2 aliphatic carbocycles. The first kappa shape index (κ1) is 18.2. The van der Waals surface area contributed by atoms with E-state index in [1.165, 1.54) is 5.57 Å². The van der Waals surface area contributed by atoms with E-state index < -0.39 is 0 Å². The standard InChI is InChI=1S/C23H32O3/c1-7-13(2)20-16(10-8-9-14(3)15(4)24)17-11-19-22(5,25-19)12-18(17)21-23(20,6)26-21/h7-10,16-21H,11-12H2,1-6H3/b10-8+,13-7+,14-9+. The fourth-order valence-electron chi connectivity index (χ4n) is 5.85. The van der Waals surface area contributed by atoms with Crippen molar-refractivity contribution in [3.05, 3.63) is 35.5 Å². The number of carbonyl (C=O) groups is 1. The van der Waals surface area contributed by atoms with Gasteiger partial charge in [0.2, 0.25) is 0 Å². The van der Waals surface area contributed by atoms with E-state index in [-0.39, 0.29) is 17.0 Å². The molecule has 2 heterocycles. The first-order chi connectivity index (χ1) is 12.2. The minimum absolute atomic E-state index is 0.0514. The summed E-state index contributed by atoms with van der Waals surface area (Å²) in [4.78, 5) is 11.5. The topological polar surface area (TPSA) is 42.1 Å². The van der Waals surface area contributed by atoms with Crippen LogP contribution in [0.15, 0.2) is 35.5 Å². The smallest absolute Gasteiger partial charge is 0.155 e. The first-order valence-corrected chi connectivity index (χ1v) is 10.1. The summed E-state index contributed by atoms with van der Waals surface area (Å²) < 4.78 is 12.4. The van der Waals surface area contributed by atoms with Crippen LogP contribution < -0.4 is 0 Å². The van der Waals surface area contributed by atoms with Gasteiger partial charge in [0.05, 0.1) is 23.4 Å². The average Bonchev–Trinajstić information content (AvgIpc) is 3.45. The lowest BCUT2D eigenvalue weighted by Crippen LogP contribution is -2.48. The SMILES string of the molecule is C/C=C(\C)C1C(/C=C/C=C(\C)C(C)=O)C2CC3OC3(C)CC2C2OC21C. The second-order valence-electron chi connectivity index (χ2n) is 9.29. The molecule has 0 amide bonds. The maximum atomic E-state index is 11.5. The second kappa shape index (κ2) is 5.90. The molecule has 0 N–H and O–H groups in total. The van der Waals surface area contributed by atoms with Crippen molar-refractivity contribution in [1.82, 2.24) is 0 Å². The number of carbonyl (C=O) groups excluding carboxylic acids is 1. The van der Waals surface area contributed by atoms with E-state index in [0.717, 1.165) is 18.4 Å². The number of allylic oxidation sites excluding steroid dienone is 5. The fourth-order valence-corrected chi connectivity index (χ4v) is 5.85. The Morgan fingerprint density at radius 3 is 2.50 bits per heavy atom. The summed E-state index contributed by atoms with van der Waals surface area (Å²) in [6.07, 6.45) is 11.7. The highest BCUT2D eigenvalue weighted by atomic mass is 16.6. The first-order valence-electron chi connectivity index (χ1n) is 10.1. The van der Waals surface area contributed by atoms with Gasteiger partial charge in [-0.3, -0.25) is 4.79 Å². The lowest BCUT2D eigenvalue weighted by Gasteiger charge is -2.45. The second-order valence-corrected chi connectivity index (χ2v) is 9.29. The van der Waals surface area contributed by atoms with Crippen LogP contribution in [0, 0.1) is 23.7 Å².